The minimum absolute atomic E-state index is 0.0160. The number of nitrogens with zero attached hydrogens (tertiary/aromatic N) is 1. The van der Waals surface area contributed by atoms with Gasteiger partial charge in [-0.2, -0.15) is 0 Å². The van der Waals surface area contributed by atoms with E-state index in [0.717, 1.165) is 17.3 Å². The van der Waals surface area contributed by atoms with Crippen LogP contribution < -0.4 is 0 Å². The van der Waals surface area contributed by atoms with E-state index in [2.05, 4.69) is 0 Å². The van der Waals surface area contributed by atoms with E-state index in [1.165, 1.54) is 22.7 Å². The van der Waals surface area contributed by atoms with Crippen LogP contribution >= 0.6 is 23.5 Å². The Morgan fingerprint density at radius 3 is 2.44 bits per heavy atom. The van der Waals surface area contributed by atoms with E-state index in [1.54, 1.807) is 18.2 Å². The maximum atomic E-state index is 13.1. The predicted molar refractivity (Wildman–Crippen MR) is 122 cm³/mol. The van der Waals surface area contributed by atoms with E-state index in [4.69, 9.17) is 9.84 Å². The van der Waals surface area contributed by atoms with Crippen molar-refractivity contribution in [3.05, 3.63) is 65.7 Å². The molecule has 0 saturated carbocycles. The molecule has 0 bridgehead atoms. The van der Waals surface area contributed by atoms with Crippen molar-refractivity contribution in [2.24, 2.45) is 0 Å². The lowest BCUT2D eigenvalue weighted by molar-refractivity contribution is -0.138. The maximum absolute atomic E-state index is 13.1. The Bertz CT molecular complexity index is 956. The molecule has 3 atom stereocenters. The lowest BCUT2D eigenvalue weighted by atomic mass is 10.1. The number of thioether (sulfide) groups is 2. The number of phenolic OH excluding ortho intramolecular Hbond substituents is 1. The first-order chi connectivity index (χ1) is 15.4. The van der Waals surface area contributed by atoms with Crippen molar-refractivity contribution in [1.82, 2.24) is 4.90 Å². The number of carbonyl (C=O) groups excluding carboxylic acids is 1. The minimum atomic E-state index is -1.51. The van der Waals surface area contributed by atoms with E-state index in [0.29, 0.717) is 18.4 Å². The van der Waals surface area contributed by atoms with Crippen molar-refractivity contribution >= 4 is 41.6 Å². The minimum Gasteiger partial charge on any atom is -0.508 e. The zero-order chi connectivity index (χ0) is 23.1. The lowest BCUT2D eigenvalue weighted by Gasteiger charge is -2.29. The Morgan fingerprint density at radius 2 is 1.78 bits per heavy atom. The number of amides is 1. The normalized spacial score (nSPS) is 18.8. The van der Waals surface area contributed by atoms with Crippen LogP contribution in [0.15, 0.2) is 54.6 Å². The molecule has 1 fully saturated rings. The molecule has 2 unspecified atom stereocenters. The molecule has 0 aromatic heterocycles. The number of para-hydroxylation sites is 1. The Balaban J connectivity index is 1.70. The second-order valence-corrected chi connectivity index (χ2v) is 9.35. The number of aryl methyl sites for hydroxylation is 1. The van der Waals surface area contributed by atoms with Crippen LogP contribution in [-0.4, -0.2) is 61.2 Å². The molecule has 3 rings (SSSR count). The summed E-state index contributed by atoms with van der Waals surface area (Å²) in [7, 11) is 0. The highest BCUT2D eigenvalue weighted by Crippen LogP contribution is 2.45. The lowest BCUT2D eigenvalue weighted by Crippen LogP contribution is -2.42. The van der Waals surface area contributed by atoms with E-state index in [-0.39, 0.29) is 17.3 Å². The number of hydrogen-bond donors (Lipinski definition) is 3. The monoisotopic (exact) mass is 477 g/mol. The van der Waals surface area contributed by atoms with Gasteiger partial charge in [-0.05, 0) is 24.5 Å². The summed E-state index contributed by atoms with van der Waals surface area (Å²) in [4.78, 5) is 37.2. The first-order valence-electron chi connectivity index (χ1n) is 9.85. The first kappa shape index (κ1) is 23.8. The molecule has 0 aliphatic carbocycles. The topological polar surface area (TPSA) is 124 Å². The van der Waals surface area contributed by atoms with E-state index >= 15 is 0 Å². The summed E-state index contributed by atoms with van der Waals surface area (Å²) in [6.45, 7) is 0. The predicted octanol–water partition coefficient (Wildman–Crippen LogP) is 3.81. The molecule has 1 heterocycles. The number of phenols is 1. The molecule has 1 aliphatic rings. The highest BCUT2D eigenvalue weighted by molar-refractivity contribution is 8.01. The van der Waals surface area contributed by atoms with Crippen LogP contribution in [0.1, 0.15) is 22.9 Å². The molecule has 2 aromatic rings. The van der Waals surface area contributed by atoms with Gasteiger partial charge in [-0.1, -0.05) is 48.5 Å². The van der Waals surface area contributed by atoms with E-state index in [1.807, 2.05) is 30.3 Å². The average Bonchev–Trinajstić information content (AvgIpc) is 3.17. The molecule has 170 valence electrons. The molecule has 0 radical (unpaired) electrons. The third-order valence-corrected chi connectivity index (χ3v) is 7.44. The van der Waals surface area contributed by atoms with Crippen LogP contribution in [0.3, 0.4) is 0 Å². The first-order valence-corrected chi connectivity index (χ1v) is 11.9. The van der Waals surface area contributed by atoms with Crippen molar-refractivity contribution < 1.29 is 34.4 Å². The molecule has 0 spiro atoms. The van der Waals surface area contributed by atoms with Crippen LogP contribution in [0, 0.1) is 0 Å². The largest absolute Gasteiger partial charge is 0.508 e. The SMILES string of the molecule is O=C(O)O[C@@H]1CSC(c2ccccc2O)N1C(=O)CSC(CCc1ccccc1)C(=O)O. The fraction of sp³-hybridized carbons (Fsp3) is 0.318. The summed E-state index contributed by atoms with van der Waals surface area (Å²) in [5, 5.41) is 27.4. The van der Waals surface area contributed by atoms with Gasteiger partial charge in [0.2, 0.25) is 5.91 Å². The van der Waals surface area contributed by atoms with Gasteiger partial charge in [0, 0.05) is 5.56 Å². The standard InChI is InChI=1S/C22H23NO7S2/c24-16-9-5-4-8-15(16)20-23(19(13-32-20)30-22(28)29)18(25)12-31-17(21(26)27)11-10-14-6-2-1-3-7-14/h1-9,17,19-20,24H,10-13H2,(H,26,27)(H,28,29)/t17?,19-,20?/m1/s1. The summed E-state index contributed by atoms with van der Waals surface area (Å²) >= 11 is 2.28. The zero-order valence-corrected chi connectivity index (χ0v) is 18.6. The van der Waals surface area contributed by atoms with Gasteiger partial charge in [-0.25, -0.2) is 4.79 Å². The van der Waals surface area contributed by atoms with Gasteiger partial charge < -0.3 is 20.1 Å². The number of aliphatic carboxylic acids is 1. The van der Waals surface area contributed by atoms with Crippen molar-refractivity contribution in [1.29, 1.82) is 0 Å². The van der Waals surface area contributed by atoms with Crippen LogP contribution in [0.4, 0.5) is 4.79 Å². The van der Waals surface area contributed by atoms with Crippen molar-refractivity contribution in [2.45, 2.75) is 29.7 Å². The zero-order valence-electron chi connectivity index (χ0n) is 17.0. The Morgan fingerprint density at radius 1 is 1.09 bits per heavy atom. The summed E-state index contributed by atoms with van der Waals surface area (Å²) in [6, 6.07) is 16.0. The van der Waals surface area contributed by atoms with Crippen LogP contribution in [0.2, 0.25) is 0 Å². The molecule has 1 amide bonds. The van der Waals surface area contributed by atoms with Gasteiger partial charge in [0.1, 0.15) is 16.4 Å². The van der Waals surface area contributed by atoms with Gasteiger partial charge in [0.25, 0.3) is 0 Å². The number of benzene rings is 2. The molecule has 3 N–H and O–H groups in total. The van der Waals surface area contributed by atoms with Crippen molar-refractivity contribution in [3.8, 4) is 5.75 Å². The third-order valence-electron chi connectivity index (χ3n) is 4.91. The second-order valence-electron chi connectivity index (χ2n) is 7.05. The van der Waals surface area contributed by atoms with Crippen molar-refractivity contribution in [3.63, 3.8) is 0 Å². The second kappa shape index (κ2) is 11.1. The molecule has 1 aliphatic heterocycles. The number of carboxylic acids is 1. The summed E-state index contributed by atoms with van der Waals surface area (Å²) in [6.07, 6.45) is -1.62. The fourth-order valence-electron chi connectivity index (χ4n) is 3.39. The van der Waals surface area contributed by atoms with Crippen LogP contribution in [-0.2, 0) is 20.7 Å². The quantitative estimate of drug-likeness (QED) is 0.462. The summed E-state index contributed by atoms with van der Waals surface area (Å²) in [5.74, 6) is -1.43. The molecular formula is C22H23NO7S2. The Kier molecular flexibility index (Phi) is 8.29. The number of hydrogen-bond acceptors (Lipinski definition) is 7. The molecule has 10 heteroatoms. The van der Waals surface area contributed by atoms with Crippen molar-refractivity contribution in [2.75, 3.05) is 11.5 Å². The third kappa shape index (κ3) is 6.10. The highest BCUT2D eigenvalue weighted by Gasteiger charge is 2.42. The smallest absolute Gasteiger partial charge is 0.507 e. The highest BCUT2D eigenvalue weighted by atomic mass is 32.2. The molecule has 2 aromatic carbocycles. The Hall–Kier alpha value is -2.85. The number of ether oxygens (including phenoxy) is 1. The maximum Gasteiger partial charge on any atom is 0.507 e. The number of aromatic hydroxyl groups is 1. The van der Waals surface area contributed by atoms with E-state index in [9.17, 15) is 24.6 Å². The van der Waals surface area contributed by atoms with Crippen LogP contribution in [0.5, 0.6) is 5.75 Å². The number of rotatable bonds is 9. The van der Waals surface area contributed by atoms with Gasteiger partial charge in [-0.15, -0.1) is 23.5 Å². The molecular weight excluding hydrogens is 454 g/mol. The molecule has 32 heavy (non-hydrogen) atoms. The summed E-state index contributed by atoms with van der Waals surface area (Å²) in [5.41, 5.74) is 1.47. The summed E-state index contributed by atoms with van der Waals surface area (Å²) < 4.78 is 4.89. The van der Waals surface area contributed by atoms with Gasteiger partial charge in [-0.3, -0.25) is 14.5 Å². The van der Waals surface area contributed by atoms with E-state index < -0.39 is 34.9 Å². The van der Waals surface area contributed by atoms with Crippen LogP contribution in [0.25, 0.3) is 0 Å². The van der Waals surface area contributed by atoms with Gasteiger partial charge in [0.15, 0.2) is 6.23 Å². The van der Waals surface area contributed by atoms with Gasteiger partial charge >= 0.3 is 12.1 Å². The molecule has 8 nitrogen and oxygen atoms in total. The fourth-order valence-corrected chi connectivity index (χ4v) is 5.67. The van der Waals surface area contributed by atoms with Gasteiger partial charge in [0.05, 0.1) is 11.5 Å². The number of carboxylic acid groups (broad SMARTS) is 2. The number of carbonyl (C=O) groups is 3. The molecule has 1 saturated heterocycles. The Labute approximate surface area is 193 Å². The average molecular weight is 478 g/mol.